The Morgan fingerprint density at radius 3 is 2.11 bits per heavy atom. The monoisotopic (exact) mass is 259 g/mol. The Hall–Kier alpha value is -0.820. The maximum atomic E-state index is 3.83. The number of hydrogen-bond donors (Lipinski definition) is 1. The largest absolute Gasteiger partial charge is 0.310 e. The summed E-state index contributed by atoms with van der Waals surface area (Å²) in [6.45, 7) is 15.0. The van der Waals surface area contributed by atoms with Gasteiger partial charge in [-0.2, -0.15) is 0 Å². The van der Waals surface area contributed by atoms with Gasteiger partial charge in [0.2, 0.25) is 0 Å². The molecule has 0 radical (unpaired) electrons. The van der Waals surface area contributed by atoms with E-state index >= 15 is 0 Å². The Morgan fingerprint density at radius 1 is 1.11 bits per heavy atom. The Kier molecular flexibility index (Phi) is 3.79. The Labute approximate surface area is 118 Å². The first-order chi connectivity index (χ1) is 8.75. The fraction of sp³-hybridized carbons (Fsp3) is 0.667. The van der Waals surface area contributed by atoms with Crippen molar-refractivity contribution in [2.75, 3.05) is 6.54 Å². The van der Waals surface area contributed by atoms with Gasteiger partial charge in [-0.15, -0.1) is 0 Å². The summed E-state index contributed by atoms with van der Waals surface area (Å²) < 4.78 is 0. The van der Waals surface area contributed by atoms with Crippen molar-refractivity contribution in [3.63, 3.8) is 0 Å². The summed E-state index contributed by atoms with van der Waals surface area (Å²) >= 11 is 0. The number of nitrogens with one attached hydrogen (secondary N) is 1. The predicted molar refractivity (Wildman–Crippen MR) is 83.8 cm³/mol. The summed E-state index contributed by atoms with van der Waals surface area (Å²) in [4.78, 5) is 0. The Bertz CT molecular complexity index is 436. The lowest BCUT2D eigenvalue weighted by atomic mass is 9.68. The van der Waals surface area contributed by atoms with E-state index in [0.717, 1.165) is 6.42 Å². The van der Waals surface area contributed by atoms with Gasteiger partial charge in [0.15, 0.2) is 0 Å². The maximum Gasteiger partial charge on any atom is 0.0270 e. The summed E-state index contributed by atoms with van der Waals surface area (Å²) in [6.07, 6.45) is 3.76. The molecule has 1 aliphatic heterocycles. The Balaban J connectivity index is 2.39. The van der Waals surface area contributed by atoms with Crippen LogP contribution in [0.2, 0.25) is 0 Å². The van der Waals surface area contributed by atoms with Gasteiger partial charge in [0.05, 0.1) is 0 Å². The third-order valence-corrected chi connectivity index (χ3v) is 5.00. The zero-order valence-corrected chi connectivity index (χ0v) is 13.5. The van der Waals surface area contributed by atoms with Crippen LogP contribution in [-0.2, 0) is 6.42 Å². The molecule has 1 heterocycles. The lowest BCUT2D eigenvalue weighted by Gasteiger charge is -2.43. The first kappa shape index (κ1) is 14.6. The smallest absolute Gasteiger partial charge is 0.0270 e. The normalized spacial score (nSPS) is 23.9. The van der Waals surface area contributed by atoms with Crippen molar-refractivity contribution in [3.8, 4) is 0 Å². The molecule has 1 saturated heterocycles. The number of benzene rings is 1. The van der Waals surface area contributed by atoms with Gasteiger partial charge < -0.3 is 5.32 Å². The van der Waals surface area contributed by atoms with Gasteiger partial charge in [-0.3, -0.25) is 0 Å². The van der Waals surface area contributed by atoms with Crippen LogP contribution in [0.5, 0.6) is 0 Å². The molecule has 0 aliphatic carbocycles. The third-order valence-electron chi connectivity index (χ3n) is 5.00. The molecule has 1 heteroatoms. The minimum atomic E-state index is 0.262. The number of rotatable bonds is 2. The average molecular weight is 259 g/mol. The highest BCUT2D eigenvalue weighted by atomic mass is 15.0. The molecular formula is C18H29N. The van der Waals surface area contributed by atoms with Crippen LogP contribution in [0.3, 0.4) is 0 Å². The molecule has 1 aliphatic rings. The van der Waals surface area contributed by atoms with Crippen molar-refractivity contribution in [2.24, 2.45) is 5.41 Å². The van der Waals surface area contributed by atoms with Crippen LogP contribution in [0.1, 0.15) is 55.9 Å². The first-order valence-corrected chi connectivity index (χ1v) is 7.57. The van der Waals surface area contributed by atoms with Crippen molar-refractivity contribution in [3.05, 3.63) is 34.4 Å². The molecule has 0 amide bonds. The van der Waals surface area contributed by atoms with Gasteiger partial charge in [-0.05, 0) is 68.7 Å². The molecule has 1 N–H and O–H groups in total. The van der Waals surface area contributed by atoms with Crippen LogP contribution in [0.15, 0.2) is 12.1 Å². The number of hydrogen-bond acceptors (Lipinski definition) is 1. The molecule has 0 spiro atoms. The van der Waals surface area contributed by atoms with Crippen molar-refractivity contribution < 1.29 is 0 Å². The minimum Gasteiger partial charge on any atom is -0.310 e. The van der Waals surface area contributed by atoms with E-state index in [1.807, 2.05) is 0 Å². The maximum absolute atomic E-state index is 3.83. The third kappa shape index (κ3) is 2.72. The van der Waals surface area contributed by atoms with Gasteiger partial charge in [-0.25, -0.2) is 0 Å². The van der Waals surface area contributed by atoms with Crippen molar-refractivity contribution in [1.82, 2.24) is 5.32 Å². The molecule has 0 bridgehead atoms. The van der Waals surface area contributed by atoms with E-state index in [2.05, 4.69) is 59.0 Å². The van der Waals surface area contributed by atoms with Crippen LogP contribution in [0, 0.1) is 26.2 Å². The standard InChI is InChI=1S/C18H29N/c1-13-10-14(2)16(15(3)11-13)12-18(17(4,5)6)8-7-9-19-18/h10-11,19H,7-9,12H2,1-6H3. The van der Waals surface area contributed by atoms with E-state index in [1.165, 1.54) is 36.1 Å². The number of aryl methyl sites for hydroxylation is 3. The first-order valence-electron chi connectivity index (χ1n) is 7.57. The second-order valence-electron chi connectivity index (χ2n) is 7.42. The zero-order chi connectivity index (χ0) is 14.3. The average Bonchev–Trinajstić information content (AvgIpc) is 2.72. The van der Waals surface area contributed by atoms with E-state index in [4.69, 9.17) is 0 Å². The molecule has 106 valence electrons. The highest BCUT2D eigenvalue weighted by molar-refractivity contribution is 5.39. The molecular weight excluding hydrogens is 230 g/mol. The summed E-state index contributed by atoms with van der Waals surface area (Å²) in [5.41, 5.74) is 6.40. The molecule has 1 nitrogen and oxygen atoms in total. The zero-order valence-electron chi connectivity index (χ0n) is 13.5. The lowest BCUT2D eigenvalue weighted by molar-refractivity contribution is 0.159. The van der Waals surface area contributed by atoms with E-state index in [0.29, 0.717) is 5.41 Å². The second kappa shape index (κ2) is 4.94. The highest BCUT2D eigenvalue weighted by Gasteiger charge is 2.44. The summed E-state index contributed by atoms with van der Waals surface area (Å²) in [7, 11) is 0. The van der Waals surface area contributed by atoms with Crippen LogP contribution >= 0.6 is 0 Å². The topological polar surface area (TPSA) is 12.0 Å². The van der Waals surface area contributed by atoms with Gasteiger partial charge in [0.25, 0.3) is 0 Å². The van der Waals surface area contributed by atoms with Crippen molar-refractivity contribution in [2.45, 2.75) is 66.3 Å². The molecule has 0 aromatic heterocycles. The van der Waals surface area contributed by atoms with Gasteiger partial charge in [0.1, 0.15) is 0 Å². The van der Waals surface area contributed by atoms with Crippen molar-refractivity contribution >= 4 is 0 Å². The van der Waals surface area contributed by atoms with Crippen LogP contribution in [-0.4, -0.2) is 12.1 Å². The van der Waals surface area contributed by atoms with Crippen LogP contribution in [0.4, 0.5) is 0 Å². The van der Waals surface area contributed by atoms with Crippen molar-refractivity contribution in [1.29, 1.82) is 0 Å². The molecule has 19 heavy (non-hydrogen) atoms. The molecule has 1 aromatic carbocycles. The van der Waals surface area contributed by atoms with E-state index in [1.54, 1.807) is 5.56 Å². The molecule has 1 atom stereocenters. The van der Waals surface area contributed by atoms with E-state index < -0.39 is 0 Å². The molecule has 1 fully saturated rings. The molecule has 1 aromatic rings. The van der Waals surface area contributed by atoms with Gasteiger partial charge in [-0.1, -0.05) is 38.5 Å². The summed E-state index contributed by atoms with van der Waals surface area (Å²) in [5.74, 6) is 0. The summed E-state index contributed by atoms with van der Waals surface area (Å²) in [6, 6.07) is 4.65. The SMILES string of the molecule is Cc1cc(C)c(CC2(C(C)(C)C)CCCN2)c(C)c1. The summed E-state index contributed by atoms with van der Waals surface area (Å²) in [5, 5.41) is 3.83. The van der Waals surface area contributed by atoms with Crippen LogP contribution in [0.25, 0.3) is 0 Å². The van der Waals surface area contributed by atoms with E-state index in [9.17, 15) is 0 Å². The lowest BCUT2D eigenvalue weighted by Crippen LogP contribution is -2.52. The van der Waals surface area contributed by atoms with E-state index in [-0.39, 0.29) is 5.54 Å². The quantitative estimate of drug-likeness (QED) is 0.834. The Morgan fingerprint density at radius 2 is 1.68 bits per heavy atom. The molecule has 1 unspecified atom stereocenters. The molecule has 2 rings (SSSR count). The predicted octanol–water partition coefficient (Wildman–Crippen LogP) is 4.32. The van der Waals surface area contributed by atoms with Crippen LogP contribution < -0.4 is 5.32 Å². The highest BCUT2D eigenvalue weighted by Crippen LogP contribution is 2.41. The fourth-order valence-electron chi connectivity index (χ4n) is 3.65. The van der Waals surface area contributed by atoms with Gasteiger partial charge in [0, 0.05) is 5.54 Å². The van der Waals surface area contributed by atoms with Gasteiger partial charge >= 0.3 is 0 Å². The fourth-order valence-corrected chi connectivity index (χ4v) is 3.65. The second-order valence-corrected chi connectivity index (χ2v) is 7.42. The minimum absolute atomic E-state index is 0.262. The molecule has 0 saturated carbocycles.